The molecule has 106 valence electrons. The molecular formula is C15H30N2S. The highest BCUT2D eigenvalue weighted by Crippen LogP contribution is 2.33. The van der Waals surface area contributed by atoms with Gasteiger partial charge in [0.05, 0.1) is 0 Å². The van der Waals surface area contributed by atoms with Gasteiger partial charge in [0, 0.05) is 30.1 Å². The van der Waals surface area contributed by atoms with Crippen LogP contribution in [0.25, 0.3) is 0 Å². The quantitative estimate of drug-likeness (QED) is 0.846. The summed E-state index contributed by atoms with van der Waals surface area (Å²) in [6, 6.07) is 1.47. The smallest absolute Gasteiger partial charge is 0.0339 e. The van der Waals surface area contributed by atoms with Crippen LogP contribution in [0.1, 0.15) is 39.5 Å². The molecule has 1 N–H and O–H groups in total. The normalized spacial score (nSPS) is 36.5. The van der Waals surface area contributed by atoms with Gasteiger partial charge in [0.15, 0.2) is 0 Å². The Morgan fingerprint density at radius 3 is 2.61 bits per heavy atom. The van der Waals surface area contributed by atoms with Crippen molar-refractivity contribution in [1.29, 1.82) is 0 Å². The van der Waals surface area contributed by atoms with E-state index in [1.54, 1.807) is 0 Å². The fourth-order valence-electron chi connectivity index (χ4n) is 3.58. The SMILES string of the molecule is CCNC(C1CCC(C)CC1)C1CSCCN1C. The molecule has 1 aliphatic heterocycles. The van der Waals surface area contributed by atoms with Gasteiger partial charge in [-0.3, -0.25) is 0 Å². The van der Waals surface area contributed by atoms with E-state index in [1.165, 1.54) is 43.7 Å². The second kappa shape index (κ2) is 7.16. The summed E-state index contributed by atoms with van der Waals surface area (Å²) in [7, 11) is 2.32. The highest BCUT2D eigenvalue weighted by Gasteiger charge is 2.34. The molecule has 0 amide bonds. The maximum Gasteiger partial charge on any atom is 0.0339 e. The first kappa shape index (κ1) is 14.7. The number of hydrogen-bond donors (Lipinski definition) is 1. The van der Waals surface area contributed by atoms with Crippen LogP contribution in [0.4, 0.5) is 0 Å². The molecule has 1 heterocycles. The average molecular weight is 270 g/mol. The summed E-state index contributed by atoms with van der Waals surface area (Å²) in [4.78, 5) is 2.60. The molecule has 2 nitrogen and oxygen atoms in total. The molecule has 1 saturated carbocycles. The lowest BCUT2D eigenvalue weighted by Crippen LogP contribution is -2.56. The van der Waals surface area contributed by atoms with Gasteiger partial charge in [-0.25, -0.2) is 0 Å². The van der Waals surface area contributed by atoms with Gasteiger partial charge < -0.3 is 10.2 Å². The lowest BCUT2D eigenvalue weighted by Gasteiger charge is -2.43. The van der Waals surface area contributed by atoms with E-state index in [0.29, 0.717) is 0 Å². The fraction of sp³-hybridized carbons (Fsp3) is 1.00. The van der Waals surface area contributed by atoms with Crippen LogP contribution in [-0.2, 0) is 0 Å². The van der Waals surface area contributed by atoms with Crippen molar-refractivity contribution in [3.63, 3.8) is 0 Å². The molecule has 0 aromatic heterocycles. The maximum absolute atomic E-state index is 3.81. The largest absolute Gasteiger partial charge is 0.312 e. The van der Waals surface area contributed by atoms with Crippen LogP contribution in [-0.4, -0.2) is 48.6 Å². The van der Waals surface area contributed by atoms with Crippen molar-refractivity contribution >= 4 is 11.8 Å². The predicted octanol–water partition coefficient (Wildman–Crippen LogP) is 2.84. The van der Waals surface area contributed by atoms with Crippen molar-refractivity contribution in [2.75, 3.05) is 31.6 Å². The standard InChI is InChI=1S/C15H30N2S/c1-4-16-15(13-7-5-12(2)6-8-13)14-11-18-10-9-17(14)3/h12-16H,4-11H2,1-3H3. The van der Waals surface area contributed by atoms with Crippen LogP contribution >= 0.6 is 11.8 Å². The predicted molar refractivity (Wildman–Crippen MR) is 82.3 cm³/mol. The number of hydrogen-bond acceptors (Lipinski definition) is 3. The van der Waals surface area contributed by atoms with E-state index in [2.05, 4.69) is 42.9 Å². The van der Waals surface area contributed by atoms with E-state index in [9.17, 15) is 0 Å². The van der Waals surface area contributed by atoms with Crippen molar-refractivity contribution in [3.05, 3.63) is 0 Å². The molecule has 2 atom stereocenters. The molecule has 2 fully saturated rings. The summed E-state index contributed by atoms with van der Waals surface area (Å²) in [5.74, 6) is 4.50. The number of nitrogens with zero attached hydrogens (tertiary/aromatic N) is 1. The number of rotatable bonds is 4. The Morgan fingerprint density at radius 1 is 1.28 bits per heavy atom. The first-order valence-corrected chi connectivity index (χ1v) is 8.89. The van der Waals surface area contributed by atoms with Gasteiger partial charge in [0.2, 0.25) is 0 Å². The van der Waals surface area contributed by atoms with Gasteiger partial charge in [-0.2, -0.15) is 11.8 Å². The maximum atomic E-state index is 3.81. The van der Waals surface area contributed by atoms with Gasteiger partial charge in [0.1, 0.15) is 0 Å². The minimum atomic E-state index is 0.722. The third-order valence-corrected chi connectivity index (χ3v) is 5.91. The number of thioether (sulfide) groups is 1. The van der Waals surface area contributed by atoms with Crippen molar-refractivity contribution in [2.24, 2.45) is 11.8 Å². The molecule has 2 unspecified atom stereocenters. The fourth-order valence-corrected chi connectivity index (χ4v) is 4.87. The molecular weight excluding hydrogens is 240 g/mol. The lowest BCUT2D eigenvalue weighted by atomic mass is 9.77. The zero-order chi connectivity index (χ0) is 13.0. The van der Waals surface area contributed by atoms with Crippen LogP contribution in [0.2, 0.25) is 0 Å². The Morgan fingerprint density at radius 2 is 2.00 bits per heavy atom. The lowest BCUT2D eigenvalue weighted by molar-refractivity contribution is 0.141. The number of likely N-dealkylation sites (N-methyl/N-ethyl adjacent to an activating group) is 2. The van der Waals surface area contributed by atoms with Crippen LogP contribution in [0, 0.1) is 11.8 Å². The summed E-state index contributed by atoms with van der Waals surface area (Å²) < 4.78 is 0. The topological polar surface area (TPSA) is 15.3 Å². The summed E-state index contributed by atoms with van der Waals surface area (Å²) in [5, 5.41) is 3.81. The molecule has 0 aromatic carbocycles. The van der Waals surface area contributed by atoms with Crippen molar-refractivity contribution in [3.8, 4) is 0 Å². The third-order valence-electron chi connectivity index (χ3n) is 4.87. The third kappa shape index (κ3) is 3.64. The Balaban J connectivity index is 1.97. The Hall–Kier alpha value is 0.270. The molecule has 1 saturated heterocycles. The molecule has 0 spiro atoms. The second-order valence-corrected chi connectivity index (χ2v) is 7.38. The summed E-state index contributed by atoms with van der Waals surface area (Å²) >= 11 is 2.14. The van der Waals surface area contributed by atoms with Crippen LogP contribution in [0.15, 0.2) is 0 Å². The highest BCUT2D eigenvalue weighted by atomic mass is 32.2. The molecule has 0 radical (unpaired) electrons. The molecule has 18 heavy (non-hydrogen) atoms. The Kier molecular flexibility index (Phi) is 5.84. The van der Waals surface area contributed by atoms with E-state index in [-0.39, 0.29) is 0 Å². The molecule has 1 aliphatic carbocycles. The average Bonchev–Trinajstić information content (AvgIpc) is 2.38. The molecule has 2 rings (SSSR count). The Bertz CT molecular complexity index is 239. The van der Waals surface area contributed by atoms with E-state index in [1.807, 2.05) is 0 Å². The zero-order valence-corrected chi connectivity index (χ0v) is 13.1. The first-order chi connectivity index (χ1) is 8.72. The van der Waals surface area contributed by atoms with Crippen LogP contribution in [0.3, 0.4) is 0 Å². The minimum Gasteiger partial charge on any atom is -0.312 e. The van der Waals surface area contributed by atoms with Gasteiger partial charge in [-0.15, -0.1) is 0 Å². The highest BCUT2D eigenvalue weighted by molar-refractivity contribution is 7.99. The monoisotopic (exact) mass is 270 g/mol. The van der Waals surface area contributed by atoms with Gasteiger partial charge in [-0.1, -0.05) is 26.7 Å². The van der Waals surface area contributed by atoms with Crippen LogP contribution in [0.5, 0.6) is 0 Å². The minimum absolute atomic E-state index is 0.722. The van der Waals surface area contributed by atoms with Gasteiger partial charge >= 0.3 is 0 Å². The van der Waals surface area contributed by atoms with E-state index in [0.717, 1.165) is 30.5 Å². The zero-order valence-electron chi connectivity index (χ0n) is 12.3. The number of nitrogens with one attached hydrogen (secondary N) is 1. The summed E-state index contributed by atoms with van der Waals surface area (Å²) in [6.07, 6.45) is 5.76. The molecule has 0 bridgehead atoms. The van der Waals surface area contributed by atoms with E-state index >= 15 is 0 Å². The van der Waals surface area contributed by atoms with E-state index in [4.69, 9.17) is 0 Å². The van der Waals surface area contributed by atoms with Crippen molar-refractivity contribution < 1.29 is 0 Å². The summed E-state index contributed by atoms with van der Waals surface area (Å²) in [5.41, 5.74) is 0. The van der Waals surface area contributed by atoms with E-state index < -0.39 is 0 Å². The molecule has 3 heteroatoms. The summed E-state index contributed by atoms with van der Waals surface area (Å²) in [6.45, 7) is 7.06. The Labute approximate surface area is 117 Å². The van der Waals surface area contributed by atoms with Crippen molar-refractivity contribution in [2.45, 2.75) is 51.6 Å². The first-order valence-electron chi connectivity index (χ1n) is 7.73. The van der Waals surface area contributed by atoms with Crippen molar-refractivity contribution in [1.82, 2.24) is 10.2 Å². The molecule has 0 aromatic rings. The second-order valence-electron chi connectivity index (χ2n) is 6.23. The molecule has 2 aliphatic rings. The van der Waals surface area contributed by atoms with Gasteiger partial charge in [0.25, 0.3) is 0 Å². The van der Waals surface area contributed by atoms with Crippen LogP contribution < -0.4 is 5.32 Å². The van der Waals surface area contributed by atoms with Gasteiger partial charge in [-0.05, 0) is 38.3 Å².